The van der Waals surface area contributed by atoms with Crippen LogP contribution in [0.4, 0.5) is 0 Å². The molecule has 1 fully saturated rings. The monoisotopic (exact) mass is 960 g/mol. The molecular formula is C49H44GeIrN2S-2. The maximum atomic E-state index is 9.04. The molecule has 0 saturated heterocycles. The Labute approximate surface area is 341 Å². The van der Waals surface area contributed by atoms with Gasteiger partial charge in [-0.25, -0.2) is 0 Å². The Morgan fingerprint density at radius 3 is 2.04 bits per heavy atom. The molecule has 2 nitrogen and oxygen atoms in total. The van der Waals surface area contributed by atoms with Crippen molar-refractivity contribution in [2.24, 2.45) is 0 Å². The van der Waals surface area contributed by atoms with E-state index in [1.165, 1.54) is 53.2 Å². The summed E-state index contributed by atoms with van der Waals surface area (Å²) in [5.41, 5.74) is 10.0. The molecule has 0 bridgehead atoms. The Morgan fingerprint density at radius 2 is 1.35 bits per heavy atom. The van der Waals surface area contributed by atoms with Crippen molar-refractivity contribution in [2.75, 3.05) is 0 Å². The van der Waals surface area contributed by atoms with E-state index < -0.39 is 19.2 Å². The Morgan fingerprint density at radius 1 is 0.648 bits per heavy atom. The topological polar surface area (TPSA) is 25.8 Å². The van der Waals surface area contributed by atoms with Crippen LogP contribution < -0.4 is 4.40 Å². The molecule has 3 aromatic heterocycles. The third kappa shape index (κ3) is 8.53. The van der Waals surface area contributed by atoms with Crippen LogP contribution in [0.5, 0.6) is 0 Å². The van der Waals surface area contributed by atoms with E-state index >= 15 is 0 Å². The SMILES string of the molecule is [2H]C1(c2ccnc(-c3[c-]ccc4c3sc3cc(-c5ccccc5)ccc34)c2)CCCCC1.[CH3][Ge]([CH3])([CH3])[c]1ccc(-c2[c-]ccc(-c3ccccc3)c2)nc1.[Ir]. The molecule has 5 heteroatoms. The van der Waals surface area contributed by atoms with Crippen molar-refractivity contribution in [3.63, 3.8) is 0 Å². The van der Waals surface area contributed by atoms with E-state index in [0.717, 1.165) is 53.8 Å². The van der Waals surface area contributed by atoms with E-state index in [9.17, 15) is 0 Å². The largest absolute Gasteiger partial charge is 0 e. The van der Waals surface area contributed by atoms with Crippen LogP contribution in [0, 0.1) is 12.1 Å². The van der Waals surface area contributed by atoms with Gasteiger partial charge in [-0.05, 0) is 57.8 Å². The van der Waals surface area contributed by atoms with E-state index in [1.807, 2.05) is 41.8 Å². The third-order valence-electron chi connectivity index (χ3n) is 10.2. The molecule has 0 amide bonds. The molecule has 0 unspecified atom stereocenters. The molecule has 271 valence electrons. The van der Waals surface area contributed by atoms with Gasteiger partial charge >= 0.3 is 135 Å². The maximum absolute atomic E-state index is 9.04. The molecule has 1 saturated carbocycles. The fourth-order valence-corrected chi connectivity index (χ4v) is 10.6. The first-order valence-electron chi connectivity index (χ1n) is 19.2. The number of hydrogen-bond donors (Lipinski definition) is 0. The molecule has 0 spiro atoms. The maximum Gasteiger partial charge on any atom is 0 e. The number of aromatic nitrogens is 2. The molecular weight excluding hydrogens is 913 g/mol. The van der Waals surface area contributed by atoms with Gasteiger partial charge in [0.2, 0.25) is 0 Å². The molecule has 54 heavy (non-hydrogen) atoms. The van der Waals surface area contributed by atoms with Gasteiger partial charge in [0.05, 0.1) is 0 Å². The molecule has 9 rings (SSSR count). The average Bonchev–Trinajstić information content (AvgIpc) is 3.60. The molecule has 0 atom stereocenters. The first kappa shape index (κ1) is 36.8. The fourth-order valence-electron chi connectivity index (χ4n) is 7.22. The van der Waals surface area contributed by atoms with Gasteiger partial charge in [0.25, 0.3) is 0 Å². The van der Waals surface area contributed by atoms with Gasteiger partial charge in [0.1, 0.15) is 0 Å². The van der Waals surface area contributed by atoms with Gasteiger partial charge < -0.3 is 4.98 Å². The predicted octanol–water partition coefficient (Wildman–Crippen LogP) is 13.4. The van der Waals surface area contributed by atoms with Crippen molar-refractivity contribution in [3.8, 4) is 44.8 Å². The number of rotatable bonds is 6. The summed E-state index contributed by atoms with van der Waals surface area (Å²) in [6, 6.07) is 53.5. The van der Waals surface area contributed by atoms with Crippen LogP contribution >= 0.6 is 11.3 Å². The van der Waals surface area contributed by atoms with E-state index in [0.29, 0.717) is 0 Å². The van der Waals surface area contributed by atoms with Gasteiger partial charge in [-0.1, -0.05) is 78.7 Å². The van der Waals surface area contributed by atoms with Gasteiger partial charge in [-0.3, -0.25) is 0 Å². The van der Waals surface area contributed by atoms with Crippen molar-refractivity contribution in [1.29, 1.82) is 0 Å². The van der Waals surface area contributed by atoms with Crippen LogP contribution in [0.2, 0.25) is 17.3 Å². The summed E-state index contributed by atoms with van der Waals surface area (Å²) in [6.07, 6.45) is 9.34. The summed E-state index contributed by atoms with van der Waals surface area (Å²) in [7, 11) is 0. The van der Waals surface area contributed by atoms with Gasteiger partial charge in [0.15, 0.2) is 0 Å². The smallest absolute Gasteiger partial charge is 0 e. The Balaban J connectivity index is 0.000000178. The minimum atomic E-state index is -1.79. The second-order valence-corrected chi connectivity index (χ2v) is 26.6. The zero-order chi connectivity index (χ0) is 37.1. The second kappa shape index (κ2) is 17.1. The van der Waals surface area contributed by atoms with Gasteiger partial charge in [0, 0.05) is 32.4 Å². The van der Waals surface area contributed by atoms with Crippen molar-refractivity contribution in [2.45, 2.75) is 55.3 Å². The van der Waals surface area contributed by atoms with Crippen LogP contribution in [0.1, 0.15) is 44.9 Å². The van der Waals surface area contributed by atoms with Gasteiger partial charge in [-0.15, -0.1) is 23.8 Å². The van der Waals surface area contributed by atoms with Crippen LogP contribution in [0.3, 0.4) is 0 Å². The number of thiophene rings is 1. The number of fused-ring (bicyclic) bond motifs is 3. The van der Waals surface area contributed by atoms with Gasteiger partial charge in [-0.2, -0.15) is 11.3 Å². The average molecular weight is 959 g/mol. The van der Waals surface area contributed by atoms with E-state index in [1.54, 1.807) is 0 Å². The standard InChI is InChI=1S/C29H24NS.C20H20GeN.Ir/c1-3-8-20(9-4-1)22-14-15-24-25-12-7-13-26(29(25)31-28(24)19-22)27-18-23(16-17-30-27)21-10-5-2-6-11-21;1-21(2,3)19-12-13-20(22-15-19)18-11-7-10-17(14-18)16-8-5-4-6-9-16;/h1,3-4,7-9,12,14-19,21H,2,5-6,10-11H2;4-10,12-15H,1-3H3;/q2*-1;/i21D;;. The Hall–Kier alpha value is -4.19. The molecule has 3 heterocycles. The summed E-state index contributed by atoms with van der Waals surface area (Å²) in [5.74, 6) is 6.69. The van der Waals surface area contributed by atoms with Crippen molar-refractivity contribution >= 4 is 49.2 Å². The van der Waals surface area contributed by atoms with Crippen LogP contribution in [0.15, 0.2) is 146 Å². The van der Waals surface area contributed by atoms with Crippen molar-refractivity contribution in [3.05, 3.63) is 164 Å². The number of pyridine rings is 2. The van der Waals surface area contributed by atoms with Crippen molar-refractivity contribution in [1.82, 2.24) is 9.97 Å². The predicted molar refractivity (Wildman–Crippen MR) is 230 cm³/mol. The van der Waals surface area contributed by atoms with Crippen LogP contribution in [-0.2, 0) is 20.1 Å². The summed E-state index contributed by atoms with van der Waals surface area (Å²) in [6.45, 7) is 0. The third-order valence-corrected chi connectivity index (χ3v) is 15.7. The molecule has 0 N–H and O–H groups in total. The summed E-state index contributed by atoms with van der Waals surface area (Å²) < 4.78 is 13.0. The Bertz CT molecular complexity index is 2520. The molecule has 1 radical (unpaired) electrons. The normalized spacial score (nSPS) is 14.1. The van der Waals surface area contributed by atoms with E-state index in [2.05, 4.69) is 150 Å². The molecule has 1 aliphatic rings. The number of benzene rings is 5. The molecule has 8 aromatic rings. The quantitative estimate of drug-likeness (QED) is 0.123. The zero-order valence-electron chi connectivity index (χ0n) is 32.0. The number of hydrogen-bond acceptors (Lipinski definition) is 3. The zero-order valence-corrected chi connectivity index (χ0v) is 36.3. The summed E-state index contributed by atoms with van der Waals surface area (Å²) in [5, 5.41) is 2.53. The van der Waals surface area contributed by atoms with E-state index in [-0.39, 0.29) is 20.1 Å². The van der Waals surface area contributed by atoms with Crippen LogP contribution in [-0.4, -0.2) is 23.2 Å². The molecule has 5 aromatic carbocycles. The minimum absolute atomic E-state index is 0. The Kier molecular flexibility index (Phi) is 11.6. The van der Waals surface area contributed by atoms with Crippen molar-refractivity contribution < 1.29 is 21.5 Å². The van der Waals surface area contributed by atoms with E-state index in [4.69, 9.17) is 6.35 Å². The van der Waals surface area contributed by atoms with Crippen LogP contribution in [0.25, 0.3) is 64.9 Å². The summed E-state index contributed by atoms with van der Waals surface area (Å²) in [4.78, 5) is 9.38. The molecule has 0 aliphatic heterocycles. The first-order valence-corrected chi connectivity index (χ1v) is 26.8. The second-order valence-electron chi connectivity index (χ2n) is 14.9. The minimum Gasteiger partial charge on any atom is 0 e. The fraction of sp³-hybridized carbons (Fsp3) is 0.184. The number of nitrogens with zero attached hydrogens (tertiary/aromatic N) is 2. The molecule has 1 aliphatic carbocycles. The summed E-state index contributed by atoms with van der Waals surface area (Å²) >= 11 is 0.0241. The first-order chi connectivity index (χ1) is 26.2.